The van der Waals surface area contributed by atoms with Crippen molar-refractivity contribution in [1.82, 2.24) is 28.8 Å². The van der Waals surface area contributed by atoms with E-state index in [0.29, 0.717) is 18.2 Å². The highest BCUT2D eigenvalue weighted by atomic mass is 32.2. The van der Waals surface area contributed by atoms with E-state index < -0.39 is 21.9 Å². The van der Waals surface area contributed by atoms with Crippen molar-refractivity contribution in [3.8, 4) is 17.6 Å². The number of halogens is 1. The van der Waals surface area contributed by atoms with Crippen LogP contribution >= 0.6 is 0 Å². The maximum absolute atomic E-state index is 14.3. The van der Waals surface area contributed by atoms with E-state index in [-0.39, 0.29) is 41.5 Å². The molecule has 3 aliphatic rings. The summed E-state index contributed by atoms with van der Waals surface area (Å²) in [7, 11) is -0.461. The van der Waals surface area contributed by atoms with Gasteiger partial charge in [0.15, 0.2) is 11.6 Å². The molecule has 1 amide bonds. The summed E-state index contributed by atoms with van der Waals surface area (Å²) in [6.45, 7) is 8.18. The number of rotatable bonds is 11. The Balaban J connectivity index is 1.16. The van der Waals surface area contributed by atoms with Crippen molar-refractivity contribution < 1.29 is 27.1 Å². The van der Waals surface area contributed by atoms with Gasteiger partial charge in [-0.1, -0.05) is 0 Å². The van der Waals surface area contributed by atoms with Crippen LogP contribution in [0.25, 0.3) is 0 Å². The summed E-state index contributed by atoms with van der Waals surface area (Å²) in [6, 6.07) is 5.30. The molecular weight excluding hydrogens is 615 g/mol. The number of nitrogens with one attached hydrogen (secondary N) is 1. The Hall–Kier alpha value is -3.42. The van der Waals surface area contributed by atoms with Gasteiger partial charge in [0.05, 0.1) is 30.5 Å². The highest BCUT2D eigenvalue weighted by molar-refractivity contribution is 7.87. The number of nitrogens with zero attached hydrogens (tertiary/aromatic N) is 7. The maximum atomic E-state index is 14.3. The Morgan fingerprint density at radius 1 is 1.24 bits per heavy atom. The molecule has 0 radical (unpaired) electrons. The lowest BCUT2D eigenvalue weighted by Gasteiger charge is -2.54. The van der Waals surface area contributed by atoms with Gasteiger partial charge in [-0.2, -0.15) is 22.7 Å². The number of aromatic nitrogens is 2. The number of carbonyl (C=O) groups is 1. The van der Waals surface area contributed by atoms with Crippen LogP contribution in [0.4, 0.5) is 10.2 Å². The van der Waals surface area contributed by atoms with Gasteiger partial charge in [0.25, 0.3) is 16.1 Å². The first-order valence-electron chi connectivity index (χ1n) is 15.6. The van der Waals surface area contributed by atoms with Crippen molar-refractivity contribution in [3.05, 3.63) is 42.1 Å². The van der Waals surface area contributed by atoms with Crippen molar-refractivity contribution in [2.75, 3.05) is 64.9 Å². The van der Waals surface area contributed by atoms with Gasteiger partial charge >= 0.3 is 0 Å². The Morgan fingerprint density at radius 3 is 2.61 bits per heavy atom. The summed E-state index contributed by atoms with van der Waals surface area (Å²) in [4.78, 5) is 27.9. The van der Waals surface area contributed by atoms with Gasteiger partial charge in [-0.05, 0) is 70.8 Å². The number of likely N-dealkylation sites (tertiary alicyclic amines) is 1. The molecule has 1 aromatic heterocycles. The average Bonchev–Trinajstić information content (AvgIpc) is 3.01. The van der Waals surface area contributed by atoms with Gasteiger partial charge in [0, 0.05) is 51.2 Å². The number of piperidine rings is 1. The Kier molecular flexibility index (Phi) is 10.4. The molecule has 46 heavy (non-hydrogen) atoms. The highest BCUT2D eigenvalue weighted by Gasteiger charge is 2.46. The number of benzene rings is 1. The Labute approximate surface area is 270 Å². The molecule has 13 nitrogen and oxygen atoms in total. The first-order chi connectivity index (χ1) is 21.9. The molecule has 5 rings (SSSR count). The summed E-state index contributed by atoms with van der Waals surface area (Å²) in [5, 5.41) is 9.22. The van der Waals surface area contributed by atoms with Crippen LogP contribution in [0.5, 0.6) is 11.5 Å². The quantitative estimate of drug-likeness (QED) is 0.358. The van der Waals surface area contributed by atoms with Gasteiger partial charge in [-0.15, -0.1) is 0 Å². The van der Waals surface area contributed by atoms with Gasteiger partial charge in [-0.3, -0.25) is 4.79 Å². The summed E-state index contributed by atoms with van der Waals surface area (Å²) in [6.07, 6.45) is 6.71. The zero-order chi connectivity index (χ0) is 33.1. The molecule has 0 bridgehead atoms. The first-order valence-corrected chi connectivity index (χ1v) is 17.1. The fourth-order valence-electron chi connectivity index (χ4n) is 6.30. The second-order valence-electron chi connectivity index (χ2n) is 12.9. The van der Waals surface area contributed by atoms with Gasteiger partial charge < -0.3 is 24.2 Å². The van der Waals surface area contributed by atoms with Gasteiger partial charge in [-0.25, -0.2) is 14.4 Å². The number of nitriles is 1. The molecular formula is C31H43FN8O5S. The van der Waals surface area contributed by atoms with E-state index in [0.717, 1.165) is 64.5 Å². The molecule has 4 heterocycles. The van der Waals surface area contributed by atoms with E-state index >= 15 is 0 Å². The fraction of sp³-hybridized carbons (Fsp3) is 0.613. The van der Waals surface area contributed by atoms with E-state index in [1.165, 1.54) is 41.8 Å². The maximum Gasteiger partial charge on any atom is 0.279 e. The third-order valence-corrected chi connectivity index (χ3v) is 10.7. The lowest BCUT2D eigenvalue weighted by molar-refractivity contribution is -0.0300. The third-order valence-electron chi connectivity index (χ3n) is 9.07. The summed E-state index contributed by atoms with van der Waals surface area (Å²) in [5.74, 6) is 0.0714. The number of amides is 1. The number of anilines is 1. The Bertz CT molecular complexity index is 1530. The van der Waals surface area contributed by atoms with Crippen molar-refractivity contribution in [1.29, 1.82) is 5.26 Å². The first kappa shape index (κ1) is 33.9. The minimum Gasteiger partial charge on any atom is -0.451 e. The van der Waals surface area contributed by atoms with Crippen LogP contribution in [0.2, 0.25) is 0 Å². The third kappa shape index (κ3) is 7.75. The van der Waals surface area contributed by atoms with Crippen LogP contribution in [-0.4, -0.2) is 117 Å². The van der Waals surface area contributed by atoms with Crippen LogP contribution in [0.3, 0.4) is 0 Å². The van der Waals surface area contributed by atoms with E-state index in [9.17, 15) is 22.9 Å². The molecule has 1 spiro atoms. The number of hydrogen-bond acceptors (Lipinski definition) is 10. The van der Waals surface area contributed by atoms with Gasteiger partial charge in [0.2, 0.25) is 0 Å². The number of carbonyl (C=O) groups excluding carboxylic acids is 1. The summed E-state index contributed by atoms with van der Waals surface area (Å²) in [5.41, 5.74) is 0.187. The molecule has 250 valence electrons. The van der Waals surface area contributed by atoms with Gasteiger partial charge in [0.1, 0.15) is 24.4 Å². The molecule has 0 saturated carbocycles. The molecule has 3 aliphatic heterocycles. The van der Waals surface area contributed by atoms with Crippen LogP contribution in [0.15, 0.2) is 30.7 Å². The van der Waals surface area contributed by atoms with Crippen LogP contribution in [0.1, 0.15) is 49.9 Å². The molecule has 2 atom stereocenters. The molecule has 1 aromatic carbocycles. The molecule has 3 saturated heterocycles. The highest BCUT2D eigenvalue weighted by Crippen LogP contribution is 2.45. The average molecular weight is 659 g/mol. The van der Waals surface area contributed by atoms with E-state index in [2.05, 4.69) is 24.5 Å². The molecule has 0 unspecified atom stereocenters. The fourth-order valence-corrected chi connectivity index (χ4v) is 7.12. The predicted molar refractivity (Wildman–Crippen MR) is 169 cm³/mol. The lowest BCUT2D eigenvalue weighted by atomic mass is 9.72. The molecule has 3 fully saturated rings. The second kappa shape index (κ2) is 14.1. The lowest BCUT2D eigenvalue weighted by Crippen LogP contribution is -2.61. The number of ether oxygens (including phenoxy) is 2. The van der Waals surface area contributed by atoms with Crippen LogP contribution in [-0.2, 0) is 14.9 Å². The monoisotopic (exact) mass is 658 g/mol. The van der Waals surface area contributed by atoms with Crippen molar-refractivity contribution in [3.63, 3.8) is 0 Å². The Morgan fingerprint density at radius 2 is 1.98 bits per heavy atom. The topological polar surface area (TPSA) is 144 Å². The molecule has 2 aromatic rings. The SMILES string of the molecule is CC(C)N(CC#N)C(=O)c1cc(F)ccc1Oc1cncnc1N1CC2(CCN(C[C@@H]3CC[C@@H](NS(=O)(=O)N(C)C)CO3)CC2)C1. The van der Waals surface area contributed by atoms with Crippen LogP contribution in [0, 0.1) is 22.6 Å². The molecule has 15 heteroatoms. The minimum atomic E-state index is -3.48. The smallest absolute Gasteiger partial charge is 0.279 e. The van der Waals surface area contributed by atoms with E-state index in [1.54, 1.807) is 20.0 Å². The molecule has 1 N–H and O–H groups in total. The zero-order valence-corrected chi connectivity index (χ0v) is 27.7. The summed E-state index contributed by atoms with van der Waals surface area (Å²) < 4.78 is 54.6. The van der Waals surface area contributed by atoms with Crippen LogP contribution < -0.4 is 14.4 Å². The molecule has 0 aliphatic carbocycles. The summed E-state index contributed by atoms with van der Waals surface area (Å²) >= 11 is 0. The standard InChI is InChI=1S/C31H43FN8O5S/c1-22(2)40(14-11-33)30(41)26-15-23(32)5-8-27(26)45-28-16-34-21-35-29(28)39-19-31(20-39)9-12-38(13-10-31)17-25-7-6-24(18-44-25)36-46(42,43)37(3)4/h5,8,15-16,21-22,24-25,36H,6-7,9-10,12-14,17-20H2,1-4H3/t24-,25+/m1/s1. The van der Waals surface area contributed by atoms with Crippen molar-refractivity contribution in [2.24, 2.45) is 5.41 Å². The van der Waals surface area contributed by atoms with Crippen molar-refractivity contribution >= 4 is 21.9 Å². The second-order valence-corrected chi connectivity index (χ2v) is 14.8. The minimum absolute atomic E-state index is 0.0264. The zero-order valence-electron chi connectivity index (χ0n) is 26.9. The van der Waals surface area contributed by atoms with E-state index in [1.807, 2.05) is 6.07 Å². The normalized spacial score (nSPS) is 21.7. The van der Waals surface area contributed by atoms with Crippen molar-refractivity contribution in [2.45, 2.75) is 57.7 Å². The van der Waals surface area contributed by atoms with E-state index in [4.69, 9.17) is 9.47 Å². The number of hydrogen-bond donors (Lipinski definition) is 1. The predicted octanol–water partition coefficient (Wildman–Crippen LogP) is 2.63. The largest absolute Gasteiger partial charge is 0.451 e.